The predicted molar refractivity (Wildman–Crippen MR) is 100 cm³/mol. The highest BCUT2D eigenvalue weighted by atomic mass is 16.4. The molecule has 0 radical (unpaired) electrons. The summed E-state index contributed by atoms with van der Waals surface area (Å²) >= 11 is 0. The van der Waals surface area contributed by atoms with E-state index in [0.29, 0.717) is 5.56 Å². The van der Waals surface area contributed by atoms with E-state index in [9.17, 15) is 9.90 Å². The number of carboxylic acids is 1. The van der Waals surface area contributed by atoms with Crippen LogP contribution in [0.3, 0.4) is 0 Å². The molecule has 0 aliphatic carbocycles. The average molecular weight is 326 g/mol. The first-order valence-corrected chi connectivity index (χ1v) is 8.08. The minimum Gasteiger partial charge on any atom is -0.480 e. The van der Waals surface area contributed by atoms with E-state index in [0.717, 1.165) is 16.7 Å². The molecule has 0 saturated heterocycles. The van der Waals surface area contributed by atoms with Crippen LogP contribution in [0.2, 0.25) is 0 Å². The van der Waals surface area contributed by atoms with Gasteiger partial charge in [-0.3, -0.25) is 4.79 Å². The smallest absolute Gasteiger partial charge is 0.326 e. The van der Waals surface area contributed by atoms with Gasteiger partial charge in [0, 0.05) is 5.56 Å². The van der Waals surface area contributed by atoms with E-state index in [-0.39, 0.29) is 0 Å². The van der Waals surface area contributed by atoms with Gasteiger partial charge in [-0.1, -0.05) is 90.7 Å². The van der Waals surface area contributed by atoms with Gasteiger partial charge < -0.3 is 5.11 Å². The third-order valence-electron chi connectivity index (χ3n) is 4.24. The van der Waals surface area contributed by atoms with Crippen LogP contribution in [0.25, 0.3) is 11.1 Å². The monoisotopic (exact) mass is 326 g/mol. The van der Waals surface area contributed by atoms with Gasteiger partial charge in [0.05, 0.1) is 0 Å². The molecule has 0 fully saturated rings. The molecule has 1 unspecified atom stereocenters. The van der Waals surface area contributed by atoms with E-state index in [1.807, 2.05) is 72.8 Å². The Balaban J connectivity index is 2.08. The zero-order valence-electron chi connectivity index (χ0n) is 13.9. The fourth-order valence-corrected chi connectivity index (χ4v) is 2.67. The van der Waals surface area contributed by atoms with Gasteiger partial charge in [-0.25, -0.2) is 0 Å². The first-order chi connectivity index (χ1) is 12.1. The van der Waals surface area contributed by atoms with Crippen LogP contribution in [0.1, 0.15) is 18.1 Å². The highest BCUT2D eigenvalue weighted by molar-refractivity contribution is 5.85. The third-order valence-corrected chi connectivity index (χ3v) is 4.24. The molecule has 0 amide bonds. The van der Waals surface area contributed by atoms with Gasteiger partial charge >= 0.3 is 5.97 Å². The van der Waals surface area contributed by atoms with Crippen molar-refractivity contribution in [2.75, 3.05) is 0 Å². The largest absolute Gasteiger partial charge is 0.480 e. The number of hydrogen-bond donors (Lipinski definition) is 1. The summed E-state index contributed by atoms with van der Waals surface area (Å²) in [7, 11) is 0. The van der Waals surface area contributed by atoms with Gasteiger partial charge in [0.2, 0.25) is 0 Å². The number of rotatable bonds is 3. The maximum absolute atomic E-state index is 11.9. The molecule has 0 heterocycles. The van der Waals surface area contributed by atoms with Gasteiger partial charge in [0.15, 0.2) is 5.41 Å². The van der Waals surface area contributed by atoms with Crippen LogP contribution in [0, 0.1) is 11.8 Å². The standard InChI is InChI=1S/C23H18O2/c1-23(22(24)25,20-13-6-3-7-14-20)17-16-19-12-8-9-15-21(19)18-10-4-2-5-11-18/h2-15H,1H3,(H,24,25). The third kappa shape index (κ3) is 3.46. The number of carbonyl (C=O) groups is 1. The molecule has 0 bridgehead atoms. The normalized spacial score (nSPS) is 12.5. The Morgan fingerprint density at radius 2 is 1.40 bits per heavy atom. The summed E-state index contributed by atoms with van der Waals surface area (Å²) in [6, 6.07) is 26.9. The molecular weight excluding hydrogens is 308 g/mol. The minimum absolute atomic E-state index is 0.673. The lowest BCUT2D eigenvalue weighted by Gasteiger charge is -2.18. The van der Waals surface area contributed by atoms with Crippen molar-refractivity contribution in [2.45, 2.75) is 12.3 Å². The molecule has 0 aliphatic rings. The van der Waals surface area contributed by atoms with Crippen molar-refractivity contribution in [3.63, 3.8) is 0 Å². The molecule has 3 aromatic rings. The van der Waals surface area contributed by atoms with Crippen LogP contribution in [0.15, 0.2) is 84.9 Å². The molecular formula is C23H18O2. The Hall–Kier alpha value is -3.31. The topological polar surface area (TPSA) is 37.3 Å². The lowest BCUT2D eigenvalue weighted by Crippen LogP contribution is -2.30. The summed E-state index contributed by atoms with van der Waals surface area (Å²) in [5.74, 6) is 5.13. The quantitative estimate of drug-likeness (QED) is 0.705. The van der Waals surface area contributed by atoms with E-state index in [2.05, 4.69) is 11.8 Å². The predicted octanol–water partition coefficient (Wildman–Crippen LogP) is 4.75. The first-order valence-electron chi connectivity index (χ1n) is 8.08. The summed E-state index contributed by atoms with van der Waals surface area (Å²) < 4.78 is 0. The number of benzene rings is 3. The molecule has 1 N–H and O–H groups in total. The van der Waals surface area contributed by atoms with E-state index in [4.69, 9.17) is 0 Å². The van der Waals surface area contributed by atoms with Crippen molar-refractivity contribution in [3.8, 4) is 23.0 Å². The van der Waals surface area contributed by atoms with Gasteiger partial charge in [0.1, 0.15) is 0 Å². The second-order valence-electron chi connectivity index (χ2n) is 5.96. The summed E-state index contributed by atoms with van der Waals surface area (Å²) in [6.07, 6.45) is 0. The van der Waals surface area contributed by atoms with Gasteiger partial charge in [-0.15, -0.1) is 0 Å². The molecule has 122 valence electrons. The summed E-state index contributed by atoms with van der Waals surface area (Å²) in [6.45, 7) is 1.64. The molecule has 3 rings (SSSR count). The van der Waals surface area contributed by atoms with Crippen molar-refractivity contribution >= 4 is 5.97 Å². The lowest BCUT2D eigenvalue weighted by atomic mass is 9.83. The Kier molecular flexibility index (Phi) is 4.68. The van der Waals surface area contributed by atoms with Gasteiger partial charge in [0.25, 0.3) is 0 Å². The SMILES string of the molecule is CC(C#Cc1ccccc1-c1ccccc1)(C(=O)O)c1ccccc1. The van der Waals surface area contributed by atoms with Crippen molar-refractivity contribution in [2.24, 2.45) is 0 Å². The van der Waals surface area contributed by atoms with Crippen LogP contribution in [-0.4, -0.2) is 11.1 Å². The van der Waals surface area contributed by atoms with E-state index in [1.54, 1.807) is 19.1 Å². The van der Waals surface area contributed by atoms with Crippen molar-refractivity contribution in [1.29, 1.82) is 0 Å². The number of hydrogen-bond acceptors (Lipinski definition) is 1. The maximum atomic E-state index is 11.9. The number of aliphatic carboxylic acids is 1. The molecule has 2 nitrogen and oxygen atoms in total. The second kappa shape index (κ2) is 7.07. The van der Waals surface area contributed by atoms with Crippen LogP contribution in [0.4, 0.5) is 0 Å². The summed E-state index contributed by atoms with van der Waals surface area (Å²) in [5, 5.41) is 9.75. The van der Waals surface area contributed by atoms with Crippen LogP contribution >= 0.6 is 0 Å². The molecule has 0 spiro atoms. The Bertz CT molecular complexity index is 934. The molecule has 0 aliphatic heterocycles. The second-order valence-corrected chi connectivity index (χ2v) is 5.96. The lowest BCUT2D eigenvalue weighted by molar-refractivity contribution is -0.140. The zero-order valence-corrected chi connectivity index (χ0v) is 13.9. The minimum atomic E-state index is -1.26. The Labute approximate surface area is 147 Å². The summed E-state index contributed by atoms with van der Waals surface area (Å²) in [5.41, 5.74) is 2.29. The summed E-state index contributed by atoms with van der Waals surface area (Å²) in [4.78, 5) is 11.9. The molecule has 3 aromatic carbocycles. The fraction of sp³-hybridized carbons (Fsp3) is 0.0870. The highest BCUT2D eigenvalue weighted by Crippen LogP contribution is 2.26. The van der Waals surface area contributed by atoms with Gasteiger partial charge in [-0.2, -0.15) is 0 Å². The van der Waals surface area contributed by atoms with Crippen molar-refractivity contribution < 1.29 is 9.90 Å². The average Bonchev–Trinajstić information content (AvgIpc) is 2.67. The molecule has 25 heavy (non-hydrogen) atoms. The van der Waals surface area contributed by atoms with Gasteiger partial charge in [-0.05, 0) is 29.7 Å². The molecule has 0 aromatic heterocycles. The Morgan fingerprint density at radius 3 is 2.04 bits per heavy atom. The van der Waals surface area contributed by atoms with Crippen LogP contribution in [0.5, 0.6) is 0 Å². The van der Waals surface area contributed by atoms with E-state index in [1.165, 1.54) is 0 Å². The highest BCUT2D eigenvalue weighted by Gasteiger charge is 2.33. The van der Waals surface area contributed by atoms with E-state index >= 15 is 0 Å². The van der Waals surface area contributed by atoms with Crippen molar-refractivity contribution in [1.82, 2.24) is 0 Å². The first kappa shape index (κ1) is 16.5. The molecule has 2 heteroatoms. The molecule has 1 atom stereocenters. The van der Waals surface area contributed by atoms with Crippen LogP contribution in [-0.2, 0) is 10.2 Å². The zero-order chi connectivity index (χ0) is 17.7. The number of carboxylic acid groups (broad SMARTS) is 1. The maximum Gasteiger partial charge on any atom is 0.326 e. The molecule has 0 saturated carbocycles. The Morgan fingerprint density at radius 1 is 0.840 bits per heavy atom. The van der Waals surface area contributed by atoms with Crippen molar-refractivity contribution in [3.05, 3.63) is 96.1 Å². The van der Waals surface area contributed by atoms with Crippen LogP contribution < -0.4 is 0 Å². The van der Waals surface area contributed by atoms with E-state index < -0.39 is 11.4 Å². The fourth-order valence-electron chi connectivity index (χ4n) is 2.67.